The van der Waals surface area contributed by atoms with Crippen LogP contribution in [0.4, 0.5) is 5.69 Å². The lowest BCUT2D eigenvalue weighted by Gasteiger charge is -2.18. The van der Waals surface area contributed by atoms with Gasteiger partial charge in [-0.25, -0.2) is 0 Å². The lowest BCUT2D eigenvalue weighted by Crippen LogP contribution is -2.42. The minimum Gasteiger partial charge on any atom is -0.481 e. The highest BCUT2D eigenvalue weighted by Crippen LogP contribution is 2.39. The number of carboxylic acid groups (broad SMARTS) is 1. The van der Waals surface area contributed by atoms with Gasteiger partial charge in [0.2, 0.25) is 11.8 Å². The van der Waals surface area contributed by atoms with Crippen molar-refractivity contribution in [1.29, 1.82) is 0 Å². The van der Waals surface area contributed by atoms with Crippen LogP contribution in [-0.4, -0.2) is 35.5 Å². The summed E-state index contributed by atoms with van der Waals surface area (Å²) in [7, 11) is 0. The van der Waals surface area contributed by atoms with Crippen LogP contribution in [0.5, 0.6) is 0 Å². The van der Waals surface area contributed by atoms with Gasteiger partial charge in [-0.05, 0) is 25.0 Å². The van der Waals surface area contributed by atoms with Crippen molar-refractivity contribution < 1.29 is 19.5 Å². The van der Waals surface area contributed by atoms with Gasteiger partial charge in [0.05, 0.1) is 22.5 Å². The van der Waals surface area contributed by atoms with Crippen LogP contribution in [0.15, 0.2) is 24.3 Å². The van der Waals surface area contributed by atoms with Crippen molar-refractivity contribution in [3.05, 3.63) is 29.3 Å². The Morgan fingerprint density at radius 1 is 1.27 bits per heavy atom. The summed E-state index contributed by atoms with van der Waals surface area (Å²) in [6, 6.07) is 6.43. The number of hydrogen-bond acceptors (Lipinski definition) is 3. The van der Waals surface area contributed by atoms with Crippen LogP contribution in [-0.2, 0) is 14.4 Å². The molecule has 0 unspecified atom stereocenters. The monoisotopic (exact) mass is 322 g/mol. The summed E-state index contributed by atoms with van der Waals surface area (Å²) in [5.74, 6) is -2.66. The zero-order valence-electron chi connectivity index (χ0n) is 11.7. The van der Waals surface area contributed by atoms with Gasteiger partial charge in [0, 0.05) is 6.54 Å². The first-order chi connectivity index (χ1) is 10.5. The van der Waals surface area contributed by atoms with Crippen LogP contribution in [0.1, 0.15) is 12.8 Å². The molecule has 1 aromatic carbocycles. The average Bonchev–Trinajstić information content (AvgIpc) is 3.22. The highest BCUT2D eigenvalue weighted by atomic mass is 35.5. The Morgan fingerprint density at radius 3 is 2.64 bits per heavy atom. The van der Waals surface area contributed by atoms with Crippen molar-refractivity contribution in [3.8, 4) is 0 Å². The van der Waals surface area contributed by atoms with Crippen LogP contribution >= 0.6 is 11.6 Å². The molecule has 2 fully saturated rings. The molecule has 1 heterocycles. The maximum absolute atomic E-state index is 12.4. The van der Waals surface area contributed by atoms with Crippen molar-refractivity contribution in [2.75, 3.05) is 11.4 Å². The van der Waals surface area contributed by atoms with E-state index in [1.165, 1.54) is 0 Å². The summed E-state index contributed by atoms with van der Waals surface area (Å²) >= 11 is 6.09. The summed E-state index contributed by atoms with van der Waals surface area (Å²) in [6.07, 6.45) is 0.830. The Morgan fingerprint density at radius 2 is 2.00 bits per heavy atom. The van der Waals surface area contributed by atoms with E-state index in [-0.39, 0.29) is 11.8 Å². The first-order valence-corrected chi connectivity index (χ1v) is 7.46. The maximum atomic E-state index is 12.4. The zero-order valence-corrected chi connectivity index (χ0v) is 12.4. The van der Waals surface area contributed by atoms with E-state index in [0.717, 1.165) is 0 Å². The molecule has 2 N–H and O–H groups in total. The van der Waals surface area contributed by atoms with Gasteiger partial charge in [-0.2, -0.15) is 0 Å². The lowest BCUT2D eigenvalue weighted by molar-refractivity contribution is -0.140. The third kappa shape index (κ3) is 2.66. The molecule has 3 atom stereocenters. The normalized spacial score (nSPS) is 26.9. The van der Waals surface area contributed by atoms with Gasteiger partial charge in [0.15, 0.2) is 0 Å². The molecular weight excluding hydrogens is 308 g/mol. The second kappa shape index (κ2) is 5.61. The van der Waals surface area contributed by atoms with E-state index in [0.29, 0.717) is 30.1 Å². The van der Waals surface area contributed by atoms with Crippen molar-refractivity contribution in [2.24, 2.45) is 11.8 Å². The number of carbonyl (C=O) groups excluding carboxylic acids is 2. The fourth-order valence-electron chi connectivity index (χ4n) is 2.76. The number of anilines is 1. The van der Waals surface area contributed by atoms with Gasteiger partial charge in [0.25, 0.3) is 0 Å². The third-order valence-corrected chi connectivity index (χ3v) is 4.43. The molecule has 1 aliphatic carbocycles. The highest BCUT2D eigenvalue weighted by molar-refractivity contribution is 6.34. The lowest BCUT2D eigenvalue weighted by atomic mass is 10.2. The Balaban J connectivity index is 1.64. The van der Waals surface area contributed by atoms with Crippen LogP contribution < -0.4 is 10.2 Å². The van der Waals surface area contributed by atoms with Crippen molar-refractivity contribution in [1.82, 2.24) is 5.32 Å². The minimum absolute atomic E-state index is 0.214. The third-order valence-electron chi connectivity index (χ3n) is 4.11. The van der Waals surface area contributed by atoms with Gasteiger partial charge in [-0.15, -0.1) is 0 Å². The minimum atomic E-state index is -0.962. The largest absolute Gasteiger partial charge is 0.481 e. The second-order valence-corrected chi connectivity index (χ2v) is 5.99. The topological polar surface area (TPSA) is 86.7 Å². The maximum Gasteiger partial charge on any atom is 0.307 e. The number of halogens is 1. The van der Waals surface area contributed by atoms with E-state index in [4.69, 9.17) is 16.7 Å². The molecule has 2 aliphatic rings. The number of benzene rings is 1. The number of para-hydroxylation sites is 1. The molecule has 6 nitrogen and oxygen atoms in total. The van der Waals surface area contributed by atoms with E-state index in [2.05, 4.69) is 5.32 Å². The number of nitrogens with one attached hydrogen (secondary N) is 1. The Kier molecular flexibility index (Phi) is 3.78. The molecule has 0 aromatic heterocycles. The number of rotatable bonds is 4. The van der Waals surface area contributed by atoms with E-state index in [1.807, 2.05) is 0 Å². The standard InChI is InChI=1S/C15H15ClN2O4/c16-10-3-1-2-4-12(10)18-6-5-11(14(18)20)17-13(19)8-7-9(8)15(21)22/h1-4,8-9,11H,5-7H2,(H,17,19)(H,21,22)/t8-,9+,11+/m0/s1. The van der Waals surface area contributed by atoms with Crippen LogP contribution in [0.25, 0.3) is 0 Å². The zero-order chi connectivity index (χ0) is 15.9. The first-order valence-electron chi connectivity index (χ1n) is 7.08. The summed E-state index contributed by atoms with van der Waals surface area (Å²) in [4.78, 5) is 36.7. The van der Waals surface area contributed by atoms with E-state index >= 15 is 0 Å². The van der Waals surface area contributed by atoms with Crippen molar-refractivity contribution in [3.63, 3.8) is 0 Å². The molecule has 1 saturated carbocycles. The van der Waals surface area contributed by atoms with Crippen LogP contribution in [0.2, 0.25) is 5.02 Å². The number of amides is 2. The molecular formula is C15H15ClN2O4. The summed E-state index contributed by atoms with van der Waals surface area (Å²) < 4.78 is 0. The molecule has 3 rings (SSSR count). The summed E-state index contributed by atoms with van der Waals surface area (Å²) in [6.45, 7) is 0.473. The number of aliphatic carboxylic acids is 1. The highest BCUT2D eigenvalue weighted by Gasteiger charge is 2.49. The van der Waals surface area contributed by atoms with Gasteiger partial charge >= 0.3 is 5.97 Å². The van der Waals surface area contributed by atoms with Crippen molar-refractivity contribution >= 4 is 35.1 Å². The Hall–Kier alpha value is -2.08. The molecule has 0 spiro atoms. The quantitative estimate of drug-likeness (QED) is 0.874. The van der Waals surface area contributed by atoms with E-state index < -0.39 is 23.8 Å². The number of hydrogen-bond donors (Lipinski definition) is 2. The van der Waals surface area contributed by atoms with Gasteiger partial charge in [-0.3, -0.25) is 14.4 Å². The van der Waals surface area contributed by atoms with E-state index in [9.17, 15) is 14.4 Å². The smallest absolute Gasteiger partial charge is 0.307 e. The number of carbonyl (C=O) groups is 3. The predicted molar refractivity (Wildman–Crippen MR) is 79.6 cm³/mol. The fourth-order valence-corrected chi connectivity index (χ4v) is 3.00. The van der Waals surface area contributed by atoms with Gasteiger partial charge in [-0.1, -0.05) is 23.7 Å². The Bertz CT molecular complexity index is 648. The Labute approximate surface area is 132 Å². The predicted octanol–water partition coefficient (Wildman–Crippen LogP) is 1.28. The summed E-state index contributed by atoms with van der Waals surface area (Å²) in [5, 5.41) is 12.0. The summed E-state index contributed by atoms with van der Waals surface area (Å²) in [5.41, 5.74) is 0.626. The molecule has 1 aliphatic heterocycles. The molecule has 0 bridgehead atoms. The van der Waals surface area contributed by atoms with Gasteiger partial charge in [0.1, 0.15) is 6.04 Å². The molecule has 7 heteroatoms. The molecule has 116 valence electrons. The SMILES string of the molecule is O=C(N[C@@H]1CCN(c2ccccc2Cl)C1=O)[C@H]1C[C@H]1C(=O)O. The molecule has 1 saturated heterocycles. The number of nitrogens with zero attached hydrogens (tertiary/aromatic N) is 1. The average molecular weight is 323 g/mol. The molecule has 0 radical (unpaired) electrons. The van der Waals surface area contributed by atoms with Gasteiger partial charge < -0.3 is 15.3 Å². The van der Waals surface area contributed by atoms with Crippen molar-refractivity contribution in [2.45, 2.75) is 18.9 Å². The molecule has 1 aromatic rings. The first kappa shape index (κ1) is 14.8. The van der Waals surface area contributed by atoms with Crippen LogP contribution in [0.3, 0.4) is 0 Å². The second-order valence-electron chi connectivity index (χ2n) is 5.58. The molecule has 2 amide bonds. The number of carboxylic acids is 1. The van der Waals surface area contributed by atoms with E-state index in [1.54, 1.807) is 29.2 Å². The fraction of sp³-hybridized carbons (Fsp3) is 0.400. The van der Waals surface area contributed by atoms with Crippen LogP contribution in [0, 0.1) is 11.8 Å². The molecule has 22 heavy (non-hydrogen) atoms.